The van der Waals surface area contributed by atoms with E-state index >= 15 is 0 Å². The van der Waals surface area contributed by atoms with E-state index in [9.17, 15) is 19.2 Å². The molecule has 0 radical (unpaired) electrons. The van der Waals surface area contributed by atoms with Crippen LogP contribution in [0.4, 0.5) is 4.79 Å². The first-order valence-electron chi connectivity index (χ1n) is 12.6. The van der Waals surface area contributed by atoms with Gasteiger partial charge in [-0.05, 0) is 72.8 Å². The van der Waals surface area contributed by atoms with E-state index in [1.54, 1.807) is 25.7 Å². The van der Waals surface area contributed by atoms with Crippen molar-refractivity contribution in [3.8, 4) is 0 Å². The number of nitrogens with zero attached hydrogens (tertiary/aromatic N) is 1. The molecule has 36 heavy (non-hydrogen) atoms. The van der Waals surface area contributed by atoms with Gasteiger partial charge in [-0.15, -0.1) is 0 Å². The summed E-state index contributed by atoms with van der Waals surface area (Å²) < 4.78 is 5.36. The van der Waals surface area contributed by atoms with Gasteiger partial charge in [0.2, 0.25) is 17.7 Å². The van der Waals surface area contributed by atoms with E-state index in [0.717, 1.165) is 17.5 Å². The molecule has 4 amide bonds. The van der Waals surface area contributed by atoms with E-state index < -0.39 is 35.6 Å². The number of hydrogen-bond donors (Lipinski definition) is 3. The summed E-state index contributed by atoms with van der Waals surface area (Å²) in [5.41, 5.74) is 7.23. The molecule has 1 saturated carbocycles. The van der Waals surface area contributed by atoms with E-state index in [2.05, 4.69) is 10.6 Å². The summed E-state index contributed by atoms with van der Waals surface area (Å²) in [7, 11) is 0. The molecule has 200 valence electrons. The highest BCUT2D eigenvalue weighted by Gasteiger charge is 2.48. The largest absolute Gasteiger partial charge is 0.444 e. The predicted octanol–water partition coefficient (Wildman–Crippen LogP) is 3.26. The molecule has 1 aromatic carbocycles. The van der Waals surface area contributed by atoms with E-state index in [-0.39, 0.29) is 36.8 Å². The zero-order valence-corrected chi connectivity index (χ0v) is 22.8. The summed E-state index contributed by atoms with van der Waals surface area (Å²) in [5.74, 6) is -1.14. The number of benzene rings is 1. The van der Waals surface area contributed by atoms with E-state index in [1.807, 2.05) is 52.8 Å². The molecule has 4 N–H and O–H groups in total. The third-order valence-electron chi connectivity index (χ3n) is 5.86. The molecule has 1 aromatic rings. The second-order valence-corrected chi connectivity index (χ2v) is 11.2. The lowest BCUT2D eigenvalue weighted by molar-refractivity contribution is -0.144. The van der Waals surface area contributed by atoms with Crippen LogP contribution in [0.15, 0.2) is 18.2 Å². The average molecular weight is 503 g/mol. The Balaban J connectivity index is 2.53. The van der Waals surface area contributed by atoms with E-state index in [0.29, 0.717) is 5.56 Å². The van der Waals surface area contributed by atoms with Crippen LogP contribution < -0.4 is 16.4 Å². The maximum Gasteiger partial charge on any atom is 0.408 e. The van der Waals surface area contributed by atoms with Crippen molar-refractivity contribution in [1.82, 2.24) is 15.5 Å². The van der Waals surface area contributed by atoms with Gasteiger partial charge in [-0.1, -0.05) is 36.2 Å². The first kappa shape index (κ1) is 29.1. The van der Waals surface area contributed by atoms with Crippen LogP contribution in [-0.4, -0.2) is 52.4 Å². The molecule has 4 atom stereocenters. The number of nitrogens with one attached hydrogen (secondary N) is 2. The number of hydrogen-bond acceptors (Lipinski definition) is 5. The lowest BCUT2D eigenvalue weighted by Crippen LogP contribution is -2.54. The van der Waals surface area contributed by atoms with Crippen LogP contribution in [0.1, 0.15) is 83.5 Å². The van der Waals surface area contributed by atoms with Gasteiger partial charge in [0.1, 0.15) is 17.7 Å². The Labute approximate surface area is 214 Å². The van der Waals surface area contributed by atoms with Crippen molar-refractivity contribution in [3.63, 3.8) is 0 Å². The number of aryl methyl sites for hydroxylation is 2. The van der Waals surface area contributed by atoms with Crippen molar-refractivity contribution in [3.05, 3.63) is 34.9 Å². The monoisotopic (exact) mass is 502 g/mol. The fourth-order valence-corrected chi connectivity index (χ4v) is 4.32. The van der Waals surface area contributed by atoms with Gasteiger partial charge in [-0.25, -0.2) is 4.79 Å². The first-order valence-corrected chi connectivity index (χ1v) is 12.6. The minimum atomic E-state index is -1.08. The highest BCUT2D eigenvalue weighted by Crippen LogP contribution is 2.41. The Hall–Kier alpha value is -3.10. The molecule has 0 aliphatic heterocycles. The van der Waals surface area contributed by atoms with Crippen LogP contribution >= 0.6 is 0 Å². The Morgan fingerprint density at radius 3 is 2.08 bits per heavy atom. The number of nitrogens with two attached hydrogens (primary N) is 1. The third kappa shape index (κ3) is 8.53. The summed E-state index contributed by atoms with van der Waals surface area (Å²) in [5, 5.41) is 5.58. The molecule has 0 saturated heterocycles. The Morgan fingerprint density at radius 1 is 1.08 bits per heavy atom. The molecule has 9 nitrogen and oxygen atoms in total. The van der Waals surface area contributed by atoms with Crippen molar-refractivity contribution < 1.29 is 23.9 Å². The summed E-state index contributed by atoms with van der Waals surface area (Å²) >= 11 is 0. The number of rotatable bonds is 10. The van der Waals surface area contributed by atoms with Crippen LogP contribution in [0, 0.1) is 19.8 Å². The molecule has 0 heterocycles. The fourth-order valence-electron chi connectivity index (χ4n) is 4.32. The zero-order valence-electron chi connectivity index (χ0n) is 22.8. The predicted molar refractivity (Wildman–Crippen MR) is 138 cm³/mol. The second-order valence-electron chi connectivity index (χ2n) is 11.2. The SMILES string of the molecule is Cc1cc(C)cc(C(C(=O)NC(C)C)N(C(=O)C(CCC(N)=O)NC(=O)OC(C)(C)C)C2CC2C)c1. The van der Waals surface area contributed by atoms with E-state index in [1.165, 1.54) is 0 Å². The van der Waals surface area contributed by atoms with Crippen LogP contribution in [0.2, 0.25) is 0 Å². The minimum Gasteiger partial charge on any atom is -0.444 e. The molecule has 1 aliphatic rings. The van der Waals surface area contributed by atoms with Gasteiger partial charge in [-0.3, -0.25) is 14.4 Å². The number of ether oxygens (including phenoxy) is 1. The third-order valence-corrected chi connectivity index (χ3v) is 5.86. The van der Waals surface area contributed by atoms with Gasteiger partial charge >= 0.3 is 6.09 Å². The normalized spacial score (nSPS) is 18.7. The average Bonchev–Trinajstić information content (AvgIpc) is 3.41. The smallest absolute Gasteiger partial charge is 0.408 e. The number of primary amides is 1. The molecular formula is C27H42N4O5. The molecule has 0 aromatic heterocycles. The standard InChI is InChI=1S/C27H42N4O5/c1-15(2)29-24(33)23(19-12-16(3)11-17(4)13-19)31(21-14-18(21)5)25(34)20(9-10-22(28)32)30-26(35)36-27(6,7)8/h11-13,15,18,20-21,23H,9-10,14H2,1-8H3,(H2,28,32)(H,29,33)(H,30,35). The molecule has 0 bridgehead atoms. The maximum absolute atomic E-state index is 14.1. The summed E-state index contributed by atoms with van der Waals surface area (Å²) in [6.07, 6.45) is -0.149. The summed E-state index contributed by atoms with van der Waals surface area (Å²) in [4.78, 5) is 53.4. The topological polar surface area (TPSA) is 131 Å². The van der Waals surface area contributed by atoms with Gasteiger partial charge in [0, 0.05) is 18.5 Å². The zero-order chi connectivity index (χ0) is 27.4. The highest BCUT2D eigenvalue weighted by atomic mass is 16.6. The summed E-state index contributed by atoms with van der Waals surface area (Å²) in [6, 6.07) is 3.52. The van der Waals surface area contributed by atoms with Crippen molar-refractivity contribution in [2.75, 3.05) is 0 Å². The van der Waals surface area contributed by atoms with Gasteiger partial charge in [0.15, 0.2) is 0 Å². The van der Waals surface area contributed by atoms with Crippen LogP contribution in [0.5, 0.6) is 0 Å². The van der Waals surface area contributed by atoms with Crippen LogP contribution in [0.25, 0.3) is 0 Å². The molecule has 2 rings (SSSR count). The van der Waals surface area contributed by atoms with Gasteiger partial charge in [-0.2, -0.15) is 0 Å². The molecule has 1 fully saturated rings. The van der Waals surface area contributed by atoms with Crippen molar-refractivity contribution in [1.29, 1.82) is 0 Å². The molecular weight excluding hydrogens is 460 g/mol. The number of alkyl carbamates (subject to hydrolysis) is 1. The lowest BCUT2D eigenvalue weighted by atomic mass is 9.97. The van der Waals surface area contributed by atoms with Crippen LogP contribution in [0.3, 0.4) is 0 Å². The maximum atomic E-state index is 14.1. The van der Waals surface area contributed by atoms with E-state index in [4.69, 9.17) is 10.5 Å². The fraction of sp³-hybridized carbons (Fsp3) is 0.630. The van der Waals surface area contributed by atoms with Gasteiger partial charge in [0.25, 0.3) is 0 Å². The quantitative estimate of drug-likeness (QED) is 0.452. The molecule has 0 spiro atoms. The van der Waals surface area contributed by atoms with Crippen LogP contribution in [-0.2, 0) is 19.1 Å². The summed E-state index contributed by atoms with van der Waals surface area (Å²) in [6.45, 7) is 14.8. The number of amides is 4. The molecule has 4 unspecified atom stereocenters. The Bertz CT molecular complexity index is 965. The molecule has 1 aliphatic carbocycles. The van der Waals surface area contributed by atoms with Crippen molar-refractivity contribution >= 4 is 23.8 Å². The van der Waals surface area contributed by atoms with Gasteiger partial charge < -0.3 is 26.0 Å². The lowest BCUT2D eigenvalue weighted by Gasteiger charge is -2.35. The van der Waals surface area contributed by atoms with Crippen molar-refractivity contribution in [2.45, 2.75) is 104 Å². The highest BCUT2D eigenvalue weighted by molar-refractivity contribution is 5.93. The Kier molecular flexibility index (Phi) is 9.51. The Morgan fingerprint density at radius 2 is 1.64 bits per heavy atom. The van der Waals surface area contributed by atoms with Crippen molar-refractivity contribution in [2.24, 2.45) is 11.7 Å². The first-order chi connectivity index (χ1) is 16.6. The minimum absolute atomic E-state index is 0.00360. The molecule has 9 heteroatoms. The second kappa shape index (κ2) is 11.8. The van der Waals surface area contributed by atoms with Gasteiger partial charge in [0.05, 0.1) is 0 Å². The number of carbonyl (C=O) groups is 4. The number of carbonyl (C=O) groups excluding carboxylic acids is 4.